The Morgan fingerprint density at radius 1 is 0.164 bits per heavy atom. The Hall–Kier alpha value is -13.7. The minimum atomic E-state index is -0.217. The Kier molecular flexibility index (Phi) is 25.6. The summed E-state index contributed by atoms with van der Waals surface area (Å²) >= 11 is 0. The van der Waals surface area contributed by atoms with E-state index in [1.807, 2.05) is 0 Å². The summed E-state index contributed by atoms with van der Waals surface area (Å²) in [5.74, 6) is 0. The van der Waals surface area contributed by atoms with E-state index in [1.54, 1.807) is 22.3 Å². The molecule has 4 aliphatic rings. The van der Waals surface area contributed by atoms with E-state index in [0.29, 0.717) is 0 Å². The average molecular weight is 1820 g/mol. The van der Waals surface area contributed by atoms with Crippen LogP contribution in [0, 0.1) is 0 Å². The molecule has 2 heteroatoms. The number of rotatable bonds is 36. The third-order valence-corrected chi connectivity index (χ3v) is 33.0. The van der Waals surface area contributed by atoms with Crippen LogP contribution < -0.4 is 9.80 Å². The molecule has 0 atom stereocenters. The van der Waals surface area contributed by atoms with E-state index in [1.165, 1.54) is 309 Å². The minimum Gasteiger partial charge on any atom is -0.310 e. The van der Waals surface area contributed by atoms with Crippen molar-refractivity contribution in [1.82, 2.24) is 0 Å². The van der Waals surface area contributed by atoms with Crippen molar-refractivity contribution in [1.29, 1.82) is 0 Å². The van der Waals surface area contributed by atoms with Crippen molar-refractivity contribution in [3.05, 3.63) is 421 Å². The number of fused-ring (bicyclic) bond motifs is 17. The van der Waals surface area contributed by atoms with Gasteiger partial charge in [-0.2, -0.15) is 0 Å². The summed E-state index contributed by atoms with van der Waals surface area (Å²) in [6, 6.07) is 145. The summed E-state index contributed by atoms with van der Waals surface area (Å²) < 4.78 is 0. The quantitative estimate of drug-likeness (QED) is 0.0285. The van der Waals surface area contributed by atoms with E-state index in [2.05, 4.69) is 441 Å². The molecule has 18 aromatic carbocycles. The van der Waals surface area contributed by atoms with Gasteiger partial charge in [0.1, 0.15) is 0 Å². The predicted octanol–water partition coefficient (Wildman–Crippen LogP) is 40.7. The molecule has 0 saturated carbocycles. The van der Waals surface area contributed by atoms with Crippen molar-refractivity contribution < 1.29 is 0 Å². The maximum atomic E-state index is 2.63. The van der Waals surface area contributed by atoms with Gasteiger partial charge in [-0.1, -0.05) is 451 Å². The van der Waals surface area contributed by atoms with E-state index in [-0.39, 0.29) is 21.7 Å². The molecule has 0 fully saturated rings. The molecule has 0 aromatic heterocycles. The Balaban J connectivity index is 0.554. The van der Waals surface area contributed by atoms with E-state index in [9.17, 15) is 0 Å². The molecule has 696 valence electrons. The van der Waals surface area contributed by atoms with Gasteiger partial charge in [-0.15, -0.1) is 0 Å². The highest BCUT2D eigenvalue weighted by molar-refractivity contribution is 6.25. The van der Waals surface area contributed by atoms with Gasteiger partial charge in [-0.3, -0.25) is 0 Å². The zero-order chi connectivity index (χ0) is 95.1. The van der Waals surface area contributed by atoms with Gasteiger partial charge in [0, 0.05) is 55.2 Å². The highest BCUT2D eigenvalue weighted by Crippen LogP contribution is 2.61. The molecule has 4 aliphatic carbocycles. The van der Waals surface area contributed by atoms with E-state index in [4.69, 9.17) is 0 Å². The Labute approximate surface area is 833 Å². The maximum Gasteiger partial charge on any atom is 0.0546 e. The molecule has 0 bridgehead atoms. The average Bonchev–Trinajstić information content (AvgIpc) is 1.38. The molecule has 0 saturated heterocycles. The summed E-state index contributed by atoms with van der Waals surface area (Å²) in [5.41, 5.74) is 44.1. The van der Waals surface area contributed by atoms with Crippen LogP contribution in [0.2, 0.25) is 0 Å². The van der Waals surface area contributed by atoms with E-state index < -0.39 is 0 Å². The predicted molar refractivity (Wildman–Crippen MR) is 602 cm³/mol. The van der Waals surface area contributed by atoms with Gasteiger partial charge in [0.2, 0.25) is 0 Å². The molecular formula is C138H134N2. The van der Waals surface area contributed by atoms with Crippen LogP contribution in [0.3, 0.4) is 0 Å². The zero-order valence-corrected chi connectivity index (χ0v) is 83.7. The summed E-state index contributed by atoms with van der Waals surface area (Å²) in [5, 5.41) is 7.10. The first kappa shape index (κ1) is 91.4. The molecule has 0 N–H and O–H groups in total. The molecule has 2 nitrogen and oxygen atoms in total. The Morgan fingerprint density at radius 3 is 0.714 bits per heavy atom. The standard InChI is InChI=1S/C138H134N2/c1-9-13-17-21-39-79-137(80-40-22-18-14-10-2)125-65-37-35-61-113(125)119-77-71-105(91-131(119)137)103-69-75-117-115-73-67-101(87-127(115)135(5,6)129(117)89-103)97-49-43-47-95(83-97)99-51-45-57-109(85-99)139(107-53-27-25-28-54-107)133-93-123-112-60-32-34-64-122(112)134(94-124(123)111-59-31-33-63-121(111)133)140(108-55-29-26-30-56-108)110-58-46-52-100(86-110)96-48-44-50-98(84-96)102-68-74-116-118-76-70-104(90-130(118)136(7,8)128(116)88-102)106-72-78-120-114-62-36-38-66-126(114)138(132(120)92-106,81-41-23-19-15-11-3)82-42-24-20-16-12-4/h25-38,43-78,83-94H,9-24,39-42,79-82H2,1-8H3. The van der Waals surface area contributed by atoms with Crippen molar-refractivity contribution in [3.63, 3.8) is 0 Å². The molecule has 0 radical (unpaired) electrons. The number of benzene rings is 18. The Morgan fingerprint density at radius 2 is 0.400 bits per heavy atom. The van der Waals surface area contributed by atoms with Gasteiger partial charge >= 0.3 is 0 Å². The number of hydrogen-bond donors (Lipinski definition) is 0. The number of para-hydroxylation sites is 2. The second-order valence-corrected chi connectivity index (χ2v) is 42.3. The largest absolute Gasteiger partial charge is 0.310 e. The number of hydrogen-bond acceptors (Lipinski definition) is 2. The summed E-state index contributed by atoms with van der Waals surface area (Å²) in [4.78, 5) is 4.98. The van der Waals surface area contributed by atoms with E-state index >= 15 is 0 Å². The summed E-state index contributed by atoms with van der Waals surface area (Å²) in [7, 11) is 0. The lowest BCUT2D eigenvalue weighted by atomic mass is 9.70. The van der Waals surface area contributed by atoms with Crippen LogP contribution in [0.25, 0.3) is 144 Å². The van der Waals surface area contributed by atoms with Gasteiger partial charge in [-0.05, 0) is 312 Å². The first-order chi connectivity index (χ1) is 68.7. The highest BCUT2D eigenvalue weighted by atomic mass is 15.2. The molecule has 140 heavy (non-hydrogen) atoms. The van der Waals surface area contributed by atoms with E-state index in [0.717, 1.165) is 45.3 Å². The molecule has 0 spiro atoms. The summed E-state index contributed by atoms with van der Waals surface area (Å²) in [6.45, 7) is 19.1. The lowest BCUT2D eigenvalue weighted by molar-refractivity contribution is 0.399. The number of nitrogens with zero attached hydrogens (tertiary/aromatic N) is 2. The lowest BCUT2D eigenvalue weighted by Crippen LogP contribution is -2.25. The van der Waals surface area contributed by atoms with Gasteiger partial charge in [0.25, 0.3) is 0 Å². The van der Waals surface area contributed by atoms with Crippen LogP contribution in [-0.4, -0.2) is 0 Å². The minimum absolute atomic E-state index is 0.0361. The number of unbranched alkanes of at least 4 members (excludes halogenated alkanes) is 16. The summed E-state index contributed by atoms with van der Waals surface area (Å²) in [6.07, 6.45) is 30.9. The molecular weight excluding hydrogens is 1690 g/mol. The van der Waals surface area contributed by atoms with Crippen LogP contribution in [0.15, 0.2) is 376 Å². The first-order valence-electron chi connectivity index (χ1n) is 53.3. The first-order valence-corrected chi connectivity index (χ1v) is 53.3. The SMILES string of the molecule is CCCCCCCC1(CCCCCCC)c2ccccc2-c2ccc(-c3ccc4c(c3)C(C)(C)c3cc(-c5cccc(-c6cccc(N(c7ccccc7)c7cc8c9ccccc9c(N(c9ccccc9)c9cccc(-c%10cccc(-c%11ccc%12c(c%11)C(C)(C)c%11cc(-c%13ccc%14c(c%13)C(CCCCCCC)(CCCCCCC)c%13ccccc%13-%14)ccc%11-%12)c%10)c9)cc8c8ccccc78)c6)c5)ccc3-4)cc21. The van der Waals surface area contributed by atoms with Crippen LogP contribution in [0.1, 0.15) is 254 Å². The van der Waals surface area contributed by atoms with Crippen LogP contribution in [0.4, 0.5) is 34.1 Å². The topological polar surface area (TPSA) is 6.48 Å². The fourth-order valence-electron chi connectivity index (χ4n) is 25.6. The second-order valence-electron chi connectivity index (χ2n) is 42.3. The monoisotopic (exact) mass is 1820 g/mol. The van der Waals surface area contributed by atoms with Crippen molar-refractivity contribution in [3.8, 4) is 111 Å². The second kappa shape index (κ2) is 39.2. The molecule has 22 rings (SSSR count). The van der Waals surface area contributed by atoms with Gasteiger partial charge in [0.05, 0.1) is 11.4 Å². The third-order valence-electron chi connectivity index (χ3n) is 33.0. The third kappa shape index (κ3) is 16.7. The van der Waals surface area contributed by atoms with Crippen molar-refractivity contribution in [2.24, 2.45) is 0 Å². The van der Waals surface area contributed by atoms with Gasteiger partial charge in [0.15, 0.2) is 0 Å². The van der Waals surface area contributed by atoms with Crippen LogP contribution in [0.5, 0.6) is 0 Å². The smallest absolute Gasteiger partial charge is 0.0546 e. The van der Waals surface area contributed by atoms with Crippen molar-refractivity contribution in [2.75, 3.05) is 9.80 Å². The zero-order valence-electron chi connectivity index (χ0n) is 83.7. The lowest BCUT2D eigenvalue weighted by Gasteiger charge is -2.33. The highest BCUT2D eigenvalue weighted by Gasteiger charge is 2.46. The van der Waals surface area contributed by atoms with Crippen LogP contribution in [-0.2, 0) is 21.7 Å². The van der Waals surface area contributed by atoms with Crippen molar-refractivity contribution >= 4 is 66.4 Å². The van der Waals surface area contributed by atoms with Gasteiger partial charge < -0.3 is 9.80 Å². The maximum absolute atomic E-state index is 2.63. The van der Waals surface area contributed by atoms with Crippen molar-refractivity contribution in [2.45, 2.75) is 231 Å². The fourth-order valence-corrected chi connectivity index (χ4v) is 25.6. The van der Waals surface area contributed by atoms with Gasteiger partial charge in [-0.25, -0.2) is 0 Å². The van der Waals surface area contributed by atoms with Crippen LogP contribution >= 0.6 is 0 Å². The molecule has 0 unspecified atom stereocenters. The Bertz CT molecular complexity index is 7160. The fraction of sp³-hybridized carbons (Fsp3) is 0.261. The number of anilines is 6. The molecule has 0 heterocycles. The molecule has 18 aromatic rings. The molecule has 0 aliphatic heterocycles. The normalized spacial score (nSPS) is 13.9. The molecule has 0 amide bonds.